The molecule has 2 atom stereocenters. The number of carbonyl (C=O) groups is 1. The summed E-state index contributed by atoms with van der Waals surface area (Å²) in [4.78, 5) is 21.6. The fraction of sp³-hybridized carbons (Fsp3) is 0.308. The number of fused-ring (bicyclic) bond motifs is 1. The van der Waals surface area contributed by atoms with Crippen LogP contribution in [0.5, 0.6) is 0 Å². The van der Waals surface area contributed by atoms with E-state index >= 15 is 0 Å². The van der Waals surface area contributed by atoms with Crippen LogP contribution in [0, 0.1) is 12.8 Å². The van der Waals surface area contributed by atoms with E-state index in [9.17, 15) is 4.79 Å². The van der Waals surface area contributed by atoms with E-state index in [1.165, 1.54) is 12.0 Å². The van der Waals surface area contributed by atoms with Gasteiger partial charge in [0.05, 0.1) is 23.6 Å². The zero-order valence-corrected chi connectivity index (χ0v) is 17.7. The molecule has 0 bridgehead atoms. The van der Waals surface area contributed by atoms with E-state index in [2.05, 4.69) is 45.4 Å². The molecule has 0 saturated heterocycles. The molecule has 0 amide bonds. The Morgan fingerprint density at radius 3 is 2.77 bits per heavy atom. The van der Waals surface area contributed by atoms with Crippen LogP contribution in [0.2, 0.25) is 0 Å². The number of Topliss-reactive ketones (excluding diaryl/α,β-unsaturated/α-hetero) is 1. The molecule has 5 nitrogen and oxygen atoms in total. The van der Waals surface area contributed by atoms with Gasteiger partial charge in [-0.3, -0.25) is 14.8 Å². The van der Waals surface area contributed by atoms with E-state index in [0.29, 0.717) is 24.7 Å². The van der Waals surface area contributed by atoms with Crippen molar-refractivity contribution in [2.45, 2.75) is 44.9 Å². The lowest BCUT2D eigenvalue weighted by molar-refractivity contribution is -0.119. The number of nitrogens with zero attached hydrogens (tertiary/aromatic N) is 4. The normalized spacial score (nSPS) is 18.5. The van der Waals surface area contributed by atoms with Crippen LogP contribution < -0.4 is 0 Å². The summed E-state index contributed by atoms with van der Waals surface area (Å²) in [5, 5.41) is 5.51. The van der Waals surface area contributed by atoms with E-state index in [-0.39, 0.29) is 5.78 Å². The van der Waals surface area contributed by atoms with Crippen LogP contribution >= 0.6 is 0 Å². The molecular weight excluding hydrogens is 384 g/mol. The topological polar surface area (TPSA) is 60.7 Å². The zero-order valence-electron chi connectivity index (χ0n) is 17.7. The van der Waals surface area contributed by atoms with Gasteiger partial charge in [-0.05, 0) is 61.8 Å². The molecule has 31 heavy (non-hydrogen) atoms. The lowest BCUT2D eigenvalue weighted by Gasteiger charge is -2.11. The fourth-order valence-electron chi connectivity index (χ4n) is 4.82. The van der Waals surface area contributed by atoms with Gasteiger partial charge in [-0.2, -0.15) is 5.10 Å². The molecule has 0 aliphatic heterocycles. The number of aryl methyl sites for hydroxylation is 1. The minimum Gasteiger partial charge on any atom is -0.299 e. The van der Waals surface area contributed by atoms with Crippen LogP contribution in [0.3, 0.4) is 0 Å². The fourth-order valence-corrected chi connectivity index (χ4v) is 4.82. The third-order valence-electron chi connectivity index (χ3n) is 6.34. The third kappa shape index (κ3) is 4.26. The van der Waals surface area contributed by atoms with Gasteiger partial charge in [0.1, 0.15) is 5.78 Å². The summed E-state index contributed by atoms with van der Waals surface area (Å²) < 4.78 is 1.87. The number of carbonyl (C=O) groups excluding carboxylic acids is 1. The van der Waals surface area contributed by atoms with E-state index in [1.807, 2.05) is 42.2 Å². The van der Waals surface area contributed by atoms with E-state index in [4.69, 9.17) is 0 Å². The molecule has 0 N–H and O–H groups in total. The summed E-state index contributed by atoms with van der Waals surface area (Å²) in [5.41, 5.74) is 5.06. The maximum Gasteiger partial charge on any atom is 0.139 e. The van der Waals surface area contributed by atoms with Crippen LogP contribution in [0.1, 0.15) is 48.6 Å². The van der Waals surface area contributed by atoms with E-state index < -0.39 is 0 Å². The molecule has 5 heteroatoms. The third-order valence-corrected chi connectivity index (χ3v) is 6.34. The van der Waals surface area contributed by atoms with Crippen molar-refractivity contribution in [3.8, 4) is 5.69 Å². The summed E-state index contributed by atoms with van der Waals surface area (Å²) in [6, 6.07) is 16.6. The first-order valence-corrected chi connectivity index (χ1v) is 11.0. The van der Waals surface area contributed by atoms with Crippen molar-refractivity contribution in [2.75, 3.05) is 0 Å². The van der Waals surface area contributed by atoms with Crippen molar-refractivity contribution >= 4 is 16.7 Å². The Balaban J connectivity index is 1.24. The monoisotopic (exact) mass is 410 g/mol. The van der Waals surface area contributed by atoms with Gasteiger partial charge < -0.3 is 0 Å². The number of pyridine rings is 2. The second-order valence-corrected chi connectivity index (χ2v) is 8.65. The minimum absolute atomic E-state index is 0.280. The number of benzene rings is 1. The average molecular weight is 411 g/mol. The largest absolute Gasteiger partial charge is 0.299 e. The highest BCUT2D eigenvalue weighted by molar-refractivity contribution is 5.84. The standard InChI is InChI=1S/C26H26N4O/c1-18-11-24(9-10-27-18)30-26-17-28-23(14-22(26)16-29-30)15-25(31)13-19-7-8-21(12-19)20-5-3-2-4-6-20/h2-6,9-11,14,16-17,19,21H,7-8,12-13,15H2,1H3. The van der Waals surface area contributed by atoms with Gasteiger partial charge >= 0.3 is 0 Å². The van der Waals surface area contributed by atoms with Crippen molar-refractivity contribution in [3.05, 3.63) is 84.1 Å². The van der Waals surface area contributed by atoms with E-state index in [0.717, 1.165) is 40.8 Å². The molecule has 2 unspecified atom stereocenters. The predicted octanol–water partition coefficient (Wildman–Crippen LogP) is 5.21. The Labute approximate surface area is 182 Å². The van der Waals surface area contributed by atoms with Gasteiger partial charge in [0.2, 0.25) is 0 Å². The molecule has 1 aromatic carbocycles. The summed E-state index contributed by atoms with van der Waals surface area (Å²) in [5.74, 6) is 1.36. The minimum atomic E-state index is 0.280. The van der Waals surface area contributed by atoms with Crippen molar-refractivity contribution < 1.29 is 4.79 Å². The molecule has 156 valence electrons. The number of aromatic nitrogens is 4. The molecule has 3 aromatic heterocycles. The highest BCUT2D eigenvalue weighted by Crippen LogP contribution is 2.39. The van der Waals surface area contributed by atoms with Crippen LogP contribution in [-0.2, 0) is 11.2 Å². The first-order chi connectivity index (χ1) is 15.2. The SMILES string of the molecule is Cc1cc(-n2ncc3cc(CC(=O)CC4CCC(c5ccccc5)C4)ncc32)ccn1. The molecule has 1 aliphatic carbocycles. The van der Waals surface area contributed by atoms with Gasteiger partial charge in [0.15, 0.2) is 0 Å². The molecule has 1 saturated carbocycles. The Hall–Kier alpha value is -3.34. The molecular formula is C26H26N4O. The summed E-state index contributed by atoms with van der Waals surface area (Å²) in [6.07, 6.45) is 9.91. The van der Waals surface area contributed by atoms with Crippen molar-refractivity contribution in [1.29, 1.82) is 0 Å². The smallest absolute Gasteiger partial charge is 0.139 e. The second-order valence-electron chi connectivity index (χ2n) is 8.65. The van der Waals surface area contributed by atoms with Gasteiger partial charge in [0.25, 0.3) is 0 Å². The average Bonchev–Trinajstić information content (AvgIpc) is 3.41. The highest BCUT2D eigenvalue weighted by atomic mass is 16.1. The molecule has 3 heterocycles. The van der Waals surface area contributed by atoms with Crippen LogP contribution in [-0.4, -0.2) is 25.5 Å². The van der Waals surface area contributed by atoms with Crippen molar-refractivity contribution in [2.24, 2.45) is 5.92 Å². The van der Waals surface area contributed by atoms with E-state index in [1.54, 1.807) is 6.20 Å². The Morgan fingerprint density at radius 2 is 1.94 bits per heavy atom. The Kier molecular flexibility index (Phi) is 5.33. The molecule has 1 fully saturated rings. The maximum absolute atomic E-state index is 12.7. The number of rotatable bonds is 6. The van der Waals surface area contributed by atoms with Crippen molar-refractivity contribution in [3.63, 3.8) is 0 Å². The van der Waals surface area contributed by atoms with Crippen LogP contribution in [0.4, 0.5) is 0 Å². The summed E-state index contributed by atoms with van der Waals surface area (Å²) in [6.45, 7) is 1.96. The second kappa shape index (κ2) is 8.42. The number of ketones is 1. The van der Waals surface area contributed by atoms with Gasteiger partial charge in [0, 0.05) is 35.8 Å². The van der Waals surface area contributed by atoms with Gasteiger partial charge in [-0.25, -0.2) is 4.68 Å². The van der Waals surface area contributed by atoms with Gasteiger partial charge in [-0.15, -0.1) is 0 Å². The van der Waals surface area contributed by atoms with Crippen LogP contribution in [0.15, 0.2) is 67.1 Å². The molecule has 4 aromatic rings. The number of hydrogen-bond acceptors (Lipinski definition) is 4. The first-order valence-electron chi connectivity index (χ1n) is 11.0. The molecule has 5 rings (SSSR count). The molecule has 0 spiro atoms. The lowest BCUT2D eigenvalue weighted by Crippen LogP contribution is -2.10. The molecule has 0 radical (unpaired) electrons. The predicted molar refractivity (Wildman–Crippen MR) is 121 cm³/mol. The Bertz CT molecular complexity index is 1210. The highest BCUT2D eigenvalue weighted by Gasteiger charge is 2.27. The zero-order chi connectivity index (χ0) is 21.2. The Morgan fingerprint density at radius 1 is 1.06 bits per heavy atom. The first kappa shape index (κ1) is 19.6. The van der Waals surface area contributed by atoms with Crippen molar-refractivity contribution in [1.82, 2.24) is 19.7 Å². The maximum atomic E-state index is 12.7. The van der Waals surface area contributed by atoms with Crippen LogP contribution in [0.25, 0.3) is 16.6 Å². The molecule has 1 aliphatic rings. The lowest BCUT2D eigenvalue weighted by atomic mass is 9.94. The number of hydrogen-bond donors (Lipinski definition) is 0. The van der Waals surface area contributed by atoms with Gasteiger partial charge in [-0.1, -0.05) is 30.3 Å². The quantitative estimate of drug-likeness (QED) is 0.438. The summed E-state index contributed by atoms with van der Waals surface area (Å²) >= 11 is 0. The summed E-state index contributed by atoms with van der Waals surface area (Å²) in [7, 11) is 0.